The number of nitrogens with one attached hydrogen (secondary N) is 1. The lowest BCUT2D eigenvalue weighted by Gasteiger charge is -2.13. The molecule has 2 amide bonds. The van der Waals surface area contributed by atoms with Gasteiger partial charge in [0.05, 0.1) is 28.2 Å². The van der Waals surface area contributed by atoms with Crippen LogP contribution in [0.4, 0.5) is 5.69 Å². The summed E-state index contributed by atoms with van der Waals surface area (Å²) in [7, 11) is 0. The van der Waals surface area contributed by atoms with Crippen molar-refractivity contribution in [3.63, 3.8) is 0 Å². The number of rotatable bonds is 6. The van der Waals surface area contributed by atoms with E-state index in [4.69, 9.17) is 10.7 Å². The lowest BCUT2D eigenvalue weighted by atomic mass is 10.0. The Hall–Kier alpha value is -3.64. The van der Waals surface area contributed by atoms with Gasteiger partial charge in [0.15, 0.2) is 0 Å². The van der Waals surface area contributed by atoms with Crippen LogP contribution in [0, 0.1) is 6.92 Å². The number of fused-ring (bicyclic) bond motifs is 1. The molecule has 3 N–H and O–H groups in total. The minimum atomic E-state index is -0.408. The number of carbonyl (C=O) groups excluding carboxylic acids is 2. The van der Waals surface area contributed by atoms with Crippen molar-refractivity contribution in [1.29, 1.82) is 0 Å². The SMILES string of the molecule is Cc1ccc(-c2cc(C(=O)Nc3ccccc3SCC(N)=O)c3ccccc3n2)cc1. The highest BCUT2D eigenvalue weighted by Crippen LogP contribution is 2.29. The molecule has 0 spiro atoms. The maximum absolute atomic E-state index is 13.3. The monoisotopic (exact) mass is 427 g/mol. The Morgan fingerprint density at radius 2 is 1.68 bits per heavy atom. The van der Waals surface area contributed by atoms with Gasteiger partial charge in [0, 0.05) is 15.8 Å². The lowest BCUT2D eigenvalue weighted by molar-refractivity contribution is -0.115. The number of nitrogens with two attached hydrogens (primary N) is 1. The van der Waals surface area contributed by atoms with E-state index in [1.165, 1.54) is 11.8 Å². The number of carbonyl (C=O) groups is 2. The van der Waals surface area contributed by atoms with Gasteiger partial charge in [-0.1, -0.05) is 60.2 Å². The molecular weight excluding hydrogens is 406 g/mol. The largest absolute Gasteiger partial charge is 0.369 e. The zero-order valence-corrected chi connectivity index (χ0v) is 17.8. The van der Waals surface area contributed by atoms with Crippen molar-refractivity contribution in [3.8, 4) is 11.3 Å². The van der Waals surface area contributed by atoms with Crippen LogP contribution in [0.2, 0.25) is 0 Å². The predicted octanol–water partition coefficient (Wildman–Crippen LogP) is 5.04. The van der Waals surface area contributed by atoms with E-state index in [1.807, 2.05) is 85.8 Å². The smallest absolute Gasteiger partial charge is 0.256 e. The summed E-state index contributed by atoms with van der Waals surface area (Å²) in [5, 5.41) is 3.77. The fourth-order valence-electron chi connectivity index (χ4n) is 3.27. The third kappa shape index (κ3) is 4.75. The van der Waals surface area contributed by atoms with Crippen LogP contribution < -0.4 is 11.1 Å². The van der Waals surface area contributed by atoms with Gasteiger partial charge >= 0.3 is 0 Å². The van der Waals surface area contributed by atoms with Crippen LogP contribution in [0.15, 0.2) is 83.8 Å². The van der Waals surface area contributed by atoms with Gasteiger partial charge in [-0.25, -0.2) is 4.98 Å². The van der Waals surface area contributed by atoms with E-state index in [0.717, 1.165) is 32.6 Å². The van der Waals surface area contributed by atoms with Crippen LogP contribution in [0.3, 0.4) is 0 Å². The molecule has 0 fully saturated rings. The van der Waals surface area contributed by atoms with Crippen molar-refractivity contribution in [1.82, 2.24) is 4.98 Å². The summed E-state index contributed by atoms with van der Waals surface area (Å²) in [6, 6.07) is 24.8. The van der Waals surface area contributed by atoms with E-state index < -0.39 is 5.91 Å². The molecule has 1 heterocycles. The van der Waals surface area contributed by atoms with Crippen molar-refractivity contribution in [3.05, 3.63) is 90.0 Å². The Kier molecular flexibility index (Phi) is 6.00. The molecule has 3 aromatic carbocycles. The lowest BCUT2D eigenvalue weighted by Crippen LogP contribution is -2.15. The average molecular weight is 428 g/mol. The summed E-state index contributed by atoms with van der Waals surface area (Å²) in [6.45, 7) is 2.03. The summed E-state index contributed by atoms with van der Waals surface area (Å²) >= 11 is 1.30. The number of benzene rings is 3. The average Bonchev–Trinajstić information content (AvgIpc) is 2.78. The second-order valence-electron chi connectivity index (χ2n) is 7.14. The van der Waals surface area contributed by atoms with Crippen molar-refractivity contribution < 1.29 is 9.59 Å². The van der Waals surface area contributed by atoms with Crippen LogP contribution in [0.25, 0.3) is 22.2 Å². The molecule has 154 valence electrons. The molecule has 1 aromatic heterocycles. The van der Waals surface area contributed by atoms with Gasteiger partial charge in [0.25, 0.3) is 5.91 Å². The minimum absolute atomic E-state index is 0.142. The van der Waals surface area contributed by atoms with E-state index in [-0.39, 0.29) is 11.7 Å². The van der Waals surface area contributed by atoms with Gasteiger partial charge in [-0.15, -0.1) is 11.8 Å². The third-order valence-electron chi connectivity index (χ3n) is 4.81. The summed E-state index contributed by atoms with van der Waals surface area (Å²) in [4.78, 5) is 30.0. The number of hydrogen-bond acceptors (Lipinski definition) is 4. The van der Waals surface area contributed by atoms with Gasteiger partial charge in [0.2, 0.25) is 5.91 Å². The highest BCUT2D eigenvalue weighted by Gasteiger charge is 2.16. The number of nitrogens with zero attached hydrogens (tertiary/aromatic N) is 1. The van der Waals surface area contributed by atoms with Crippen LogP contribution in [-0.2, 0) is 4.79 Å². The second-order valence-corrected chi connectivity index (χ2v) is 8.16. The van der Waals surface area contributed by atoms with Gasteiger partial charge in [-0.3, -0.25) is 9.59 Å². The van der Waals surface area contributed by atoms with Crippen LogP contribution >= 0.6 is 11.8 Å². The molecule has 0 saturated heterocycles. The van der Waals surface area contributed by atoms with E-state index in [1.54, 1.807) is 0 Å². The molecule has 0 aliphatic rings. The van der Waals surface area contributed by atoms with Crippen LogP contribution in [-0.4, -0.2) is 22.6 Å². The Morgan fingerprint density at radius 3 is 2.45 bits per heavy atom. The molecule has 4 rings (SSSR count). The number of aryl methyl sites for hydroxylation is 1. The normalized spacial score (nSPS) is 10.7. The second kappa shape index (κ2) is 9.02. The highest BCUT2D eigenvalue weighted by molar-refractivity contribution is 8.00. The van der Waals surface area contributed by atoms with Gasteiger partial charge in [-0.05, 0) is 31.2 Å². The van der Waals surface area contributed by atoms with Crippen LogP contribution in [0.5, 0.6) is 0 Å². The van der Waals surface area contributed by atoms with Crippen molar-refractivity contribution >= 4 is 40.2 Å². The topological polar surface area (TPSA) is 85.1 Å². The fourth-order valence-corrected chi connectivity index (χ4v) is 4.02. The summed E-state index contributed by atoms with van der Waals surface area (Å²) in [5.41, 5.74) is 10.0. The summed E-state index contributed by atoms with van der Waals surface area (Å²) in [6.07, 6.45) is 0. The number of amides is 2. The molecule has 0 bridgehead atoms. The standard InChI is InChI=1S/C25H21N3O2S/c1-16-10-12-17(13-11-16)22-14-19(18-6-2-3-7-20(18)27-22)25(30)28-21-8-4-5-9-23(21)31-15-24(26)29/h2-14H,15H2,1H3,(H2,26,29)(H,28,30). The number of para-hydroxylation sites is 2. The van der Waals surface area contributed by atoms with E-state index in [2.05, 4.69) is 5.32 Å². The predicted molar refractivity (Wildman–Crippen MR) is 126 cm³/mol. The molecule has 0 aliphatic heterocycles. The quantitative estimate of drug-likeness (QED) is 0.422. The van der Waals surface area contributed by atoms with Crippen molar-refractivity contribution in [2.24, 2.45) is 5.73 Å². The molecule has 6 heteroatoms. The maximum atomic E-state index is 13.3. The van der Waals surface area contributed by atoms with Crippen molar-refractivity contribution in [2.75, 3.05) is 11.1 Å². The number of thioether (sulfide) groups is 1. The first-order chi connectivity index (χ1) is 15.0. The minimum Gasteiger partial charge on any atom is -0.369 e. The number of anilines is 1. The first-order valence-electron chi connectivity index (χ1n) is 9.79. The van der Waals surface area contributed by atoms with Crippen LogP contribution in [0.1, 0.15) is 15.9 Å². The molecule has 31 heavy (non-hydrogen) atoms. The van der Waals surface area contributed by atoms with Crippen molar-refractivity contribution in [2.45, 2.75) is 11.8 Å². The molecule has 0 saturated carbocycles. The maximum Gasteiger partial charge on any atom is 0.256 e. The Labute approximate surface area is 184 Å². The fraction of sp³-hybridized carbons (Fsp3) is 0.0800. The molecule has 4 aromatic rings. The number of aromatic nitrogens is 1. The zero-order chi connectivity index (χ0) is 21.8. The molecule has 0 atom stereocenters. The number of primary amides is 1. The third-order valence-corrected chi connectivity index (χ3v) is 5.91. The van der Waals surface area contributed by atoms with Gasteiger partial charge in [-0.2, -0.15) is 0 Å². The molecular formula is C25H21N3O2S. The molecule has 5 nitrogen and oxygen atoms in total. The number of hydrogen-bond donors (Lipinski definition) is 2. The Morgan fingerprint density at radius 1 is 0.968 bits per heavy atom. The van der Waals surface area contributed by atoms with Gasteiger partial charge < -0.3 is 11.1 Å². The molecule has 0 unspecified atom stereocenters. The molecule has 0 aliphatic carbocycles. The summed E-state index contributed by atoms with van der Waals surface area (Å²) in [5.74, 6) is -0.504. The van der Waals surface area contributed by atoms with E-state index >= 15 is 0 Å². The first-order valence-corrected chi connectivity index (χ1v) is 10.8. The van der Waals surface area contributed by atoms with E-state index in [9.17, 15) is 9.59 Å². The zero-order valence-electron chi connectivity index (χ0n) is 17.0. The van der Waals surface area contributed by atoms with E-state index in [0.29, 0.717) is 11.3 Å². The Bertz CT molecular complexity index is 1270. The Balaban J connectivity index is 1.73. The molecule has 0 radical (unpaired) electrons. The number of pyridine rings is 1. The highest BCUT2D eigenvalue weighted by atomic mass is 32.2. The van der Waals surface area contributed by atoms with Gasteiger partial charge in [0.1, 0.15) is 0 Å². The first kappa shape index (κ1) is 20.6. The summed E-state index contributed by atoms with van der Waals surface area (Å²) < 4.78 is 0.